The smallest absolute Gasteiger partial charge is 0.303 e. The molecule has 0 spiro atoms. The molecule has 0 aliphatic rings. The van der Waals surface area contributed by atoms with Crippen molar-refractivity contribution in [1.29, 1.82) is 0 Å². The number of carbonyl (C=O) groups is 2. The third-order valence-electron chi connectivity index (χ3n) is 4.65. The topological polar surface area (TPSA) is 79.3 Å². The maximum atomic E-state index is 12.4. The molecule has 1 heterocycles. The van der Waals surface area contributed by atoms with Gasteiger partial charge in [0.15, 0.2) is 0 Å². The van der Waals surface area contributed by atoms with E-state index in [9.17, 15) is 9.59 Å². The second-order valence-corrected chi connectivity index (χ2v) is 7.54. The normalized spacial score (nSPS) is 11.5. The molecule has 162 valence electrons. The summed E-state index contributed by atoms with van der Waals surface area (Å²) in [5.74, 6) is -1.05. The Bertz CT molecular complexity index is 1120. The minimum absolute atomic E-state index is 0.118. The fourth-order valence-electron chi connectivity index (χ4n) is 3.12. The fraction of sp³-hybridized carbons (Fsp3) is 0.115. The largest absolute Gasteiger partial charge is 0.481 e. The molecule has 1 aromatic heterocycles. The van der Waals surface area contributed by atoms with E-state index >= 15 is 0 Å². The Morgan fingerprint density at radius 3 is 2.53 bits per heavy atom. The first-order valence-corrected chi connectivity index (χ1v) is 10.6. The summed E-state index contributed by atoms with van der Waals surface area (Å²) < 4.78 is 0. The third kappa shape index (κ3) is 7.22. The fourth-order valence-corrected chi connectivity index (χ4v) is 3.24. The van der Waals surface area contributed by atoms with Crippen molar-refractivity contribution in [3.05, 3.63) is 107 Å². The zero-order valence-corrected chi connectivity index (χ0v) is 18.1. The molecule has 0 atom stereocenters. The molecule has 1 amide bonds. The summed E-state index contributed by atoms with van der Waals surface area (Å²) in [6.07, 6.45) is 9.97. The van der Waals surface area contributed by atoms with E-state index in [0.717, 1.165) is 22.3 Å². The molecule has 32 heavy (non-hydrogen) atoms. The minimum atomic E-state index is -0.808. The van der Waals surface area contributed by atoms with E-state index in [0.29, 0.717) is 23.6 Å². The number of aromatic nitrogens is 1. The van der Waals surface area contributed by atoms with Gasteiger partial charge in [-0.05, 0) is 65.9 Å². The SMILES string of the molecule is O=C(O)CCC/C=C(\c1cccnc1)c1cccc(NC(=O)/C=C/c2ccc(Cl)cc2)c1. The Hall–Kier alpha value is -3.70. The lowest BCUT2D eigenvalue weighted by molar-refractivity contribution is -0.137. The number of halogens is 1. The number of carboxylic acid groups (broad SMARTS) is 1. The van der Waals surface area contributed by atoms with Crippen LogP contribution in [0.1, 0.15) is 36.0 Å². The predicted octanol–water partition coefficient (Wildman–Crippen LogP) is 6.07. The number of hydrogen-bond acceptors (Lipinski definition) is 3. The van der Waals surface area contributed by atoms with Crippen molar-refractivity contribution in [3.63, 3.8) is 0 Å². The van der Waals surface area contributed by atoms with Gasteiger partial charge in [-0.15, -0.1) is 0 Å². The Labute approximate surface area is 192 Å². The number of aliphatic carboxylic acids is 1. The Kier molecular flexibility index (Phi) is 8.35. The van der Waals surface area contributed by atoms with Crippen LogP contribution in [0.15, 0.2) is 85.2 Å². The zero-order valence-electron chi connectivity index (χ0n) is 17.4. The Morgan fingerprint density at radius 1 is 1.03 bits per heavy atom. The van der Waals surface area contributed by atoms with Crippen LogP contribution in [0.2, 0.25) is 5.02 Å². The van der Waals surface area contributed by atoms with E-state index < -0.39 is 5.97 Å². The number of rotatable bonds is 9. The van der Waals surface area contributed by atoms with Crippen molar-refractivity contribution in [2.75, 3.05) is 5.32 Å². The van der Waals surface area contributed by atoms with Crippen molar-refractivity contribution in [2.24, 2.45) is 0 Å². The van der Waals surface area contributed by atoms with Crippen LogP contribution in [0.5, 0.6) is 0 Å². The van der Waals surface area contributed by atoms with Gasteiger partial charge in [-0.2, -0.15) is 0 Å². The Morgan fingerprint density at radius 2 is 1.81 bits per heavy atom. The summed E-state index contributed by atoms with van der Waals surface area (Å²) in [4.78, 5) is 27.4. The summed E-state index contributed by atoms with van der Waals surface area (Å²) in [5.41, 5.74) is 4.31. The molecule has 0 bridgehead atoms. The quantitative estimate of drug-likeness (QED) is 0.308. The van der Waals surface area contributed by atoms with Gasteiger partial charge in [0.25, 0.3) is 0 Å². The molecular formula is C26H23ClN2O3. The van der Waals surface area contributed by atoms with Crippen LogP contribution in [0.3, 0.4) is 0 Å². The summed E-state index contributed by atoms with van der Waals surface area (Å²) >= 11 is 5.88. The van der Waals surface area contributed by atoms with Crippen molar-refractivity contribution < 1.29 is 14.7 Å². The molecule has 0 aliphatic heterocycles. The monoisotopic (exact) mass is 446 g/mol. The first kappa shape index (κ1) is 23.0. The second kappa shape index (κ2) is 11.6. The first-order chi connectivity index (χ1) is 15.5. The van der Waals surface area contributed by atoms with Gasteiger partial charge in [-0.25, -0.2) is 0 Å². The second-order valence-electron chi connectivity index (χ2n) is 7.10. The van der Waals surface area contributed by atoms with Crippen LogP contribution in [0.25, 0.3) is 11.6 Å². The highest BCUT2D eigenvalue weighted by molar-refractivity contribution is 6.30. The Balaban J connectivity index is 1.76. The highest BCUT2D eigenvalue weighted by Gasteiger charge is 2.08. The lowest BCUT2D eigenvalue weighted by Gasteiger charge is -2.11. The van der Waals surface area contributed by atoms with E-state index in [1.165, 1.54) is 6.08 Å². The third-order valence-corrected chi connectivity index (χ3v) is 4.91. The van der Waals surface area contributed by atoms with Gasteiger partial charge in [-0.3, -0.25) is 14.6 Å². The number of carbonyl (C=O) groups excluding carboxylic acids is 1. The van der Waals surface area contributed by atoms with E-state index in [2.05, 4.69) is 10.3 Å². The van der Waals surface area contributed by atoms with Crippen molar-refractivity contribution in [2.45, 2.75) is 19.3 Å². The molecule has 0 saturated carbocycles. The van der Waals surface area contributed by atoms with E-state index in [-0.39, 0.29) is 12.3 Å². The number of amides is 1. The van der Waals surface area contributed by atoms with Gasteiger partial charge < -0.3 is 10.4 Å². The maximum absolute atomic E-state index is 12.4. The van der Waals surface area contributed by atoms with Crippen molar-refractivity contribution in [3.8, 4) is 0 Å². The van der Waals surface area contributed by atoms with Crippen LogP contribution in [-0.4, -0.2) is 22.0 Å². The number of unbranched alkanes of at least 4 members (excludes halogenated alkanes) is 1. The average Bonchev–Trinajstić information content (AvgIpc) is 2.79. The highest BCUT2D eigenvalue weighted by atomic mass is 35.5. The number of allylic oxidation sites excluding steroid dienone is 1. The van der Waals surface area contributed by atoms with E-state index in [1.807, 2.05) is 54.6 Å². The number of pyridine rings is 1. The number of anilines is 1. The van der Waals surface area contributed by atoms with Crippen LogP contribution in [-0.2, 0) is 9.59 Å². The number of benzene rings is 2. The standard InChI is InChI=1S/C26H23ClN2O3/c27-22-13-10-19(11-14-22)12-15-25(30)29-23-7-3-5-20(17-23)24(8-1-2-9-26(31)32)21-6-4-16-28-18-21/h3-8,10-18H,1-2,9H2,(H,29,30)(H,31,32)/b15-12+,24-8-. The molecule has 3 aromatic rings. The van der Waals surface area contributed by atoms with Gasteiger partial charge in [0.2, 0.25) is 5.91 Å². The first-order valence-electron chi connectivity index (χ1n) is 10.2. The lowest BCUT2D eigenvalue weighted by atomic mass is 9.97. The summed E-state index contributed by atoms with van der Waals surface area (Å²) in [5, 5.41) is 12.4. The molecule has 2 aromatic carbocycles. The number of nitrogens with one attached hydrogen (secondary N) is 1. The average molecular weight is 447 g/mol. The van der Waals surface area contributed by atoms with Gasteiger partial charge >= 0.3 is 5.97 Å². The van der Waals surface area contributed by atoms with Gasteiger partial charge in [0.1, 0.15) is 0 Å². The molecule has 2 N–H and O–H groups in total. The molecule has 0 fully saturated rings. The summed E-state index contributed by atoms with van der Waals surface area (Å²) in [6.45, 7) is 0. The molecule has 3 rings (SSSR count). The van der Waals surface area contributed by atoms with Gasteiger partial charge in [0.05, 0.1) is 0 Å². The molecule has 0 radical (unpaired) electrons. The van der Waals surface area contributed by atoms with Crippen LogP contribution in [0.4, 0.5) is 5.69 Å². The maximum Gasteiger partial charge on any atom is 0.303 e. The number of hydrogen-bond donors (Lipinski definition) is 2. The van der Waals surface area contributed by atoms with E-state index in [4.69, 9.17) is 16.7 Å². The van der Waals surface area contributed by atoms with Crippen LogP contribution in [0, 0.1) is 0 Å². The van der Waals surface area contributed by atoms with Crippen molar-refractivity contribution in [1.82, 2.24) is 4.98 Å². The zero-order chi connectivity index (χ0) is 22.8. The molecule has 0 saturated heterocycles. The number of nitrogens with zero attached hydrogens (tertiary/aromatic N) is 1. The molecular weight excluding hydrogens is 424 g/mol. The molecule has 5 nitrogen and oxygen atoms in total. The van der Waals surface area contributed by atoms with E-state index in [1.54, 1.807) is 30.6 Å². The van der Waals surface area contributed by atoms with Gasteiger partial charge in [-0.1, -0.05) is 48.0 Å². The van der Waals surface area contributed by atoms with Crippen LogP contribution < -0.4 is 5.32 Å². The highest BCUT2D eigenvalue weighted by Crippen LogP contribution is 2.26. The van der Waals surface area contributed by atoms with Gasteiger partial charge in [0, 0.05) is 41.2 Å². The molecule has 0 aliphatic carbocycles. The minimum Gasteiger partial charge on any atom is -0.481 e. The molecule has 0 unspecified atom stereocenters. The summed E-state index contributed by atoms with van der Waals surface area (Å²) in [6, 6.07) is 18.6. The summed E-state index contributed by atoms with van der Waals surface area (Å²) in [7, 11) is 0. The molecule has 6 heteroatoms. The van der Waals surface area contributed by atoms with Crippen molar-refractivity contribution >= 4 is 40.8 Å². The van der Waals surface area contributed by atoms with Crippen LogP contribution >= 0.6 is 11.6 Å². The number of carboxylic acids is 1. The predicted molar refractivity (Wildman–Crippen MR) is 128 cm³/mol. The lowest BCUT2D eigenvalue weighted by Crippen LogP contribution is -2.08.